The average molecular weight is 669 g/mol. The number of rotatable bonds is 4. The minimum absolute atomic E-state index is 0.885. The van der Waals surface area contributed by atoms with Gasteiger partial charge in [-0.1, -0.05) is 127 Å². The van der Waals surface area contributed by atoms with Crippen LogP contribution in [0.25, 0.3) is 108 Å². The second-order valence-electron chi connectivity index (χ2n) is 13.1. The van der Waals surface area contributed by atoms with Crippen LogP contribution in [0.3, 0.4) is 0 Å². The molecule has 0 spiro atoms. The quantitative estimate of drug-likeness (QED) is 0.175. The number of hydrogen-bond donors (Lipinski definition) is 0. The first kappa shape index (κ1) is 28.4. The van der Waals surface area contributed by atoms with E-state index < -0.39 is 0 Å². The van der Waals surface area contributed by atoms with Gasteiger partial charge in [0.05, 0.1) is 12.5 Å². The zero-order chi connectivity index (χ0) is 33.5. The van der Waals surface area contributed by atoms with Crippen molar-refractivity contribution in [3.05, 3.63) is 170 Å². The molecule has 0 aliphatic rings. The maximum atomic E-state index is 6.04. The summed E-state index contributed by atoms with van der Waals surface area (Å²) < 4.78 is 14.6. The number of fused-ring (bicyclic) bond motifs is 7. The standard InChI is InChI=1S/C48H28O2S/c1-5-17-33-29(13-1)43(30-14-2-6-18-34(30)45(33)40-24-11-27-49-40)37-21-10-26-42-47(37)39-23-9-22-38(48(39)51-42)44-31-15-3-7-19-35(31)46(41-25-12-28-50-41)36-20-8-4-16-32(36)44/h1-28H. The predicted molar refractivity (Wildman–Crippen MR) is 216 cm³/mol. The van der Waals surface area contributed by atoms with E-state index in [1.165, 1.54) is 85.5 Å². The van der Waals surface area contributed by atoms with Crippen molar-refractivity contribution in [3.63, 3.8) is 0 Å². The van der Waals surface area contributed by atoms with Gasteiger partial charge in [0.1, 0.15) is 11.5 Å². The summed E-state index contributed by atoms with van der Waals surface area (Å²) in [6.07, 6.45) is 3.53. The van der Waals surface area contributed by atoms with Gasteiger partial charge in [0, 0.05) is 36.9 Å². The maximum Gasteiger partial charge on any atom is 0.135 e. The molecule has 0 aliphatic carbocycles. The highest BCUT2D eigenvalue weighted by atomic mass is 32.1. The van der Waals surface area contributed by atoms with E-state index in [0.717, 1.165) is 22.6 Å². The third kappa shape index (κ3) is 4.10. The Hall–Kier alpha value is -6.42. The molecule has 11 aromatic rings. The molecule has 0 aliphatic heterocycles. The van der Waals surface area contributed by atoms with Crippen LogP contribution in [0.5, 0.6) is 0 Å². The molecular weight excluding hydrogens is 641 g/mol. The molecule has 2 nitrogen and oxygen atoms in total. The molecule has 0 amide bonds. The topological polar surface area (TPSA) is 26.3 Å². The Morgan fingerprint density at radius 2 is 0.706 bits per heavy atom. The van der Waals surface area contributed by atoms with Crippen molar-refractivity contribution in [2.24, 2.45) is 0 Å². The zero-order valence-corrected chi connectivity index (χ0v) is 28.2. The second kappa shape index (κ2) is 11.0. The molecule has 8 aromatic carbocycles. The van der Waals surface area contributed by atoms with Gasteiger partial charge in [-0.05, 0) is 90.1 Å². The van der Waals surface area contributed by atoms with E-state index in [-0.39, 0.29) is 0 Å². The van der Waals surface area contributed by atoms with Crippen molar-refractivity contribution in [1.29, 1.82) is 0 Å². The van der Waals surface area contributed by atoms with Gasteiger partial charge in [0.15, 0.2) is 0 Å². The van der Waals surface area contributed by atoms with E-state index in [2.05, 4.69) is 146 Å². The van der Waals surface area contributed by atoms with Crippen LogP contribution in [0.15, 0.2) is 179 Å². The molecular formula is C48H28O2S. The van der Waals surface area contributed by atoms with Crippen molar-refractivity contribution >= 4 is 74.6 Å². The van der Waals surface area contributed by atoms with Gasteiger partial charge in [-0.3, -0.25) is 0 Å². The summed E-state index contributed by atoms with van der Waals surface area (Å²) in [6.45, 7) is 0. The summed E-state index contributed by atoms with van der Waals surface area (Å²) in [5, 5.41) is 12.2. The van der Waals surface area contributed by atoms with Crippen LogP contribution < -0.4 is 0 Å². The van der Waals surface area contributed by atoms with Crippen molar-refractivity contribution in [3.8, 4) is 44.9 Å². The lowest BCUT2D eigenvalue weighted by Gasteiger charge is -2.17. The van der Waals surface area contributed by atoms with E-state index in [0.29, 0.717) is 0 Å². The third-order valence-electron chi connectivity index (χ3n) is 10.5. The van der Waals surface area contributed by atoms with Crippen molar-refractivity contribution in [1.82, 2.24) is 0 Å². The van der Waals surface area contributed by atoms with Crippen molar-refractivity contribution < 1.29 is 8.83 Å². The SMILES string of the molecule is c1coc(-c2c3ccccc3c(-c3cccc4c3sc3cccc(-c5c6ccccc6c(-c6ccco6)c6ccccc56)c34)c3ccccc23)c1. The zero-order valence-electron chi connectivity index (χ0n) is 27.4. The first-order valence-corrected chi connectivity index (χ1v) is 18.1. The van der Waals surface area contributed by atoms with E-state index in [1.807, 2.05) is 23.5 Å². The Balaban J connectivity index is 1.25. The van der Waals surface area contributed by atoms with Gasteiger partial charge in [-0.15, -0.1) is 11.3 Å². The lowest BCUT2D eigenvalue weighted by atomic mass is 9.85. The van der Waals surface area contributed by atoms with E-state index in [4.69, 9.17) is 8.83 Å². The highest BCUT2D eigenvalue weighted by Crippen LogP contribution is 2.51. The average Bonchev–Trinajstić information content (AvgIpc) is 3.98. The summed E-state index contributed by atoms with van der Waals surface area (Å²) >= 11 is 1.89. The first-order chi connectivity index (χ1) is 25.3. The van der Waals surface area contributed by atoms with Gasteiger partial charge in [0.25, 0.3) is 0 Å². The molecule has 0 N–H and O–H groups in total. The van der Waals surface area contributed by atoms with E-state index in [1.54, 1.807) is 12.5 Å². The molecule has 3 aromatic heterocycles. The molecule has 238 valence electrons. The molecule has 0 saturated heterocycles. The fourth-order valence-electron chi connectivity index (χ4n) is 8.46. The van der Waals surface area contributed by atoms with Gasteiger partial charge in [-0.2, -0.15) is 0 Å². The Morgan fingerprint density at radius 1 is 0.314 bits per heavy atom. The fourth-order valence-corrected chi connectivity index (χ4v) is 9.71. The Morgan fingerprint density at radius 3 is 1.16 bits per heavy atom. The molecule has 0 fully saturated rings. The molecule has 3 heteroatoms. The predicted octanol–water partition coefficient (Wildman–Crippen LogP) is 14.5. The molecule has 0 atom stereocenters. The smallest absolute Gasteiger partial charge is 0.135 e. The van der Waals surface area contributed by atoms with E-state index >= 15 is 0 Å². The number of benzene rings is 8. The Bertz CT molecular complexity index is 3010. The summed E-state index contributed by atoms with van der Waals surface area (Å²) in [5.41, 5.74) is 7.28. The van der Waals surface area contributed by atoms with Gasteiger partial charge in [0.2, 0.25) is 0 Å². The maximum absolute atomic E-state index is 6.04. The minimum Gasteiger partial charge on any atom is -0.464 e. The molecule has 3 heterocycles. The van der Waals surface area contributed by atoms with E-state index in [9.17, 15) is 0 Å². The summed E-state index contributed by atoms with van der Waals surface area (Å²) in [5.74, 6) is 1.77. The highest BCUT2D eigenvalue weighted by molar-refractivity contribution is 7.26. The van der Waals surface area contributed by atoms with Crippen LogP contribution in [0.4, 0.5) is 0 Å². The second-order valence-corrected chi connectivity index (χ2v) is 14.2. The molecule has 51 heavy (non-hydrogen) atoms. The largest absolute Gasteiger partial charge is 0.464 e. The van der Waals surface area contributed by atoms with Crippen LogP contribution in [-0.4, -0.2) is 0 Å². The first-order valence-electron chi connectivity index (χ1n) is 17.2. The molecule has 0 saturated carbocycles. The number of hydrogen-bond acceptors (Lipinski definition) is 3. The van der Waals surface area contributed by atoms with Crippen LogP contribution >= 0.6 is 11.3 Å². The molecule has 0 unspecified atom stereocenters. The van der Waals surface area contributed by atoms with Crippen LogP contribution in [0.2, 0.25) is 0 Å². The van der Waals surface area contributed by atoms with Gasteiger partial charge < -0.3 is 8.83 Å². The fraction of sp³-hybridized carbons (Fsp3) is 0. The van der Waals surface area contributed by atoms with Crippen LogP contribution in [-0.2, 0) is 0 Å². The Labute approximate surface area is 297 Å². The normalized spacial score (nSPS) is 11.9. The van der Waals surface area contributed by atoms with Gasteiger partial charge >= 0.3 is 0 Å². The van der Waals surface area contributed by atoms with Crippen LogP contribution in [0.1, 0.15) is 0 Å². The molecule has 0 bridgehead atoms. The highest BCUT2D eigenvalue weighted by Gasteiger charge is 2.23. The van der Waals surface area contributed by atoms with Crippen LogP contribution in [0, 0.1) is 0 Å². The summed E-state index contributed by atoms with van der Waals surface area (Å²) in [7, 11) is 0. The molecule has 11 rings (SSSR count). The number of thiophene rings is 1. The van der Waals surface area contributed by atoms with Gasteiger partial charge in [-0.25, -0.2) is 0 Å². The Kier molecular flexibility index (Phi) is 6.16. The molecule has 0 radical (unpaired) electrons. The monoisotopic (exact) mass is 668 g/mol. The minimum atomic E-state index is 0.885. The lowest BCUT2D eigenvalue weighted by molar-refractivity contribution is 0.583. The summed E-state index contributed by atoms with van der Waals surface area (Å²) in [4.78, 5) is 0. The van der Waals surface area contributed by atoms with Crippen molar-refractivity contribution in [2.75, 3.05) is 0 Å². The van der Waals surface area contributed by atoms with Crippen molar-refractivity contribution in [2.45, 2.75) is 0 Å². The summed E-state index contributed by atoms with van der Waals surface area (Å²) in [6, 6.07) is 56.9. The third-order valence-corrected chi connectivity index (χ3v) is 11.7. The number of furan rings is 2. The lowest BCUT2D eigenvalue weighted by Crippen LogP contribution is -1.91.